The highest BCUT2D eigenvalue weighted by atomic mass is 32.2. The Bertz CT molecular complexity index is 488. The van der Waals surface area contributed by atoms with Crippen molar-refractivity contribution in [2.75, 3.05) is 6.26 Å². The molecule has 2 aromatic carbocycles. The largest absolute Gasteiger partial charge is 0.298 e. The van der Waals surface area contributed by atoms with Gasteiger partial charge >= 0.3 is 0 Å². The highest BCUT2D eigenvalue weighted by Gasteiger charge is 1.98. The van der Waals surface area contributed by atoms with Crippen LogP contribution in [0.15, 0.2) is 53.4 Å². The summed E-state index contributed by atoms with van der Waals surface area (Å²) in [7, 11) is 0. The maximum Gasteiger partial charge on any atom is 0.150 e. The Morgan fingerprint density at radius 2 is 1.75 bits per heavy atom. The van der Waals surface area contributed by atoms with Gasteiger partial charge in [0.2, 0.25) is 0 Å². The second kappa shape index (κ2) is 4.99. The Labute approximate surface area is 99.5 Å². The molecule has 0 bridgehead atoms. The van der Waals surface area contributed by atoms with Crippen molar-refractivity contribution in [3.8, 4) is 11.1 Å². The standard InChI is InChI=1S/C14H12OS/c1-16-14-4-2-3-13(9-14)12-7-5-11(10-15)6-8-12/h2-10H,1H3. The normalized spacial score (nSPS) is 10.1. The maximum absolute atomic E-state index is 10.6. The van der Waals surface area contributed by atoms with Crippen molar-refractivity contribution in [2.45, 2.75) is 4.90 Å². The third-order valence-electron chi connectivity index (χ3n) is 2.45. The lowest BCUT2D eigenvalue weighted by atomic mass is 10.0. The van der Waals surface area contributed by atoms with Gasteiger partial charge in [0.05, 0.1) is 0 Å². The van der Waals surface area contributed by atoms with Gasteiger partial charge in [0.15, 0.2) is 0 Å². The molecule has 0 aliphatic carbocycles. The van der Waals surface area contributed by atoms with Crippen molar-refractivity contribution < 1.29 is 4.79 Å². The molecule has 0 saturated carbocycles. The van der Waals surface area contributed by atoms with Crippen molar-refractivity contribution in [1.82, 2.24) is 0 Å². The van der Waals surface area contributed by atoms with E-state index >= 15 is 0 Å². The fraction of sp³-hybridized carbons (Fsp3) is 0.0714. The molecule has 0 aromatic heterocycles. The third kappa shape index (κ3) is 2.34. The SMILES string of the molecule is CSc1cccc(-c2ccc(C=O)cc2)c1. The minimum Gasteiger partial charge on any atom is -0.298 e. The monoisotopic (exact) mass is 228 g/mol. The van der Waals surface area contributed by atoms with Crippen LogP contribution in [-0.4, -0.2) is 12.5 Å². The van der Waals surface area contributed by atoms with Crippen LogP contribution in [0.4, 0.5) is 0 Å². The van der Waals surface area contributed by atoms with Crippen LogP contribution in [0.3, 0.4) is 0 Å². The lowest BCUT2D eigenvalue weighted by molar-refractivity contribution is 0.112. The average molecular weight is 228 g/mol. The smallest absolute Gasteiger partial charge is 0.150 e. The van der Waals surface area contributed by atoms with Crippen molar-refractivity contribution >= 4 is 18.0 Å². The summed E-state index contributed by atoms with van der Waals surface area (Å²) in [5.74, 6) is 0. The van der Waals surface area contributed by atoms with E-state index in [9.17, 15) is 4.79 Å². The van der Waals surface area contributed by atoms with Crippen LogP contribution in [0.2, 0.25) is 0 Å². The summed E-state index contributed by atoms with van der Waals surface area (Å²) < 4.78 is 0. The molecule has 80 valence electrons. The van der Waals surface area contributed by atoms with E-state index in [1.807, 2.05) is 24.3 Å². The molecule has 0 heterocycles. The summed E-state index contributed by atoms with van der Waals surface area (Å²) in [6, 6.07) is 16.0. The molecule has 0 radical (unpaired) electrons. The first-order valence-electron chi connectivity index (χ1n) is 5.03. The fourth-order valence-electron chi connectivity index (χ4n) is 1.56. The number of hydrogen-bond acceptors (Lipinski definition) is 2. The zero-order chi connectivity index (χ0) is 11.4. The van der Waals surface area contributed by atoms with Gasteiger partial charge in [0, 0.05) is 10.5 Å². The van der Waals surface area contributed by atoms with E-state index in [-0.39, 0.29) is 0 Å². The molecule has 0 spiro atoms. The third-order valence-corrected chi connectivity index (χ3v) is 3.18. The van der Waals surface area contributed by atoms with Gasteiger partial charge in [-0.1, -0.05) is 36.4 Å². The molecule has 16 heavy (non-hydrogen) atoms. The number of benzene rings is 2. The van der Waals surface area contributed by atoms with Gasteiger partial charge in [-0.25, -0.2) is 0 Å². The van der Waals surface area contributed by atoms with Crippen LogP contribution in [0, 0.1) is 0 Å². The summed E-state index contributed by atoms with van der Waals surface area (Å²) in [4.78, 5) is 11.8. The van der Waals surface area contributed by atoms with Gasteiger partial charge in [0.25, 0.3) is 0 Å². The van der Waals surface area contributed by atoms with E-state index in [0.717, 1.165) is 11.8 Å². The lowest BCUT2D eigenvalue weighted by Gasteiger charge is -2.03. The Hall–Kier alpha value is -1.54. The first-order chi connectivity index (χ1) is 7.83. The molecule has 1 nitrogen and oxygen atoms in total. The number of aldehydes is 1. The van der Waals surface area contributed by atoms with Crippen LogP contribution in [0.1, 0.15) is 10.4 Å². The molecule has 2 aromatic rings. The van der Waals surface area contributed by atoms with Gasteiger partial charge in [0.1, 0.15) is 6.29 Å². The maximum atomic E-state index is 10.6. The number of carbonyl (C=O) groups excluding carboxylic acids is 1. The highest BCUT2D eigenvalue weighted by Crippen LogP contribution is 2.24. The van der Waals surface area contributed by atoms with E-state index in [1.54, 1.807) is 11.8 Å². The highest BCUT2D eigenvalue weighted by molar-refractivity contribution is 7.98. The quantitative estimate of drug-likeness (QED) is 0.585. The number of rotatable bonds is 3. The molecule has 2 rings (SSSR count). The van der Waals surface area contributed by atoms with Crippen LogP contribution in [-0.2, 0) is 0 Å². The first kappa shape index (κ1) is 11.0. The van der Waals surface area contributed by atoms with Crippen molar-refractivity contribution in [3.05, 3.63) is 54.1 Å². The molecule has 0 aliphatic heterocycles. The second-order valence-electron chi connectivity index (χ2n) is 3.47. The van der Waals surface area contributed by atoms with Gasteiger partial charge in [-0.2, -0.15) is 0 Å². The molecule has 0 unspecified atom stereocenters. The second-order valence-corrected chi connectivity index (χ2v) is 4.35. The van der Waals surface area contributed by atoms with E-state index in [1.165, 1.54) is 10.5 Å². The predicted octanol–water partition coefficient (Wildman–Crippen LogP) is 3.89. The summed E-state index contributed by atoms with van der Waals surface area (Å²) in [6.07, 6.45) is 2.93. The Morgan fingerprint density at radius 1 is 1.00 bits per heavy atom. The minimum atomic E-state index is 0.713. The summed E-state index contributed by atoms with van der Waals surface area (Å²) in [5.41, 5.74) is 3.04. The number of carbonyl (C=O) groups is 1. The molecular weight excluding hydrogens is 216 g/mol. The lowest BCUT2D eigenvalue weighted by Crippen LogP contribution is -1.81. The first-order valence-corrected chi connectivity index (χ1v) is 6.25. The van der Waals surface area contributed by atoms with Crippen molar-refractivity contribution in [3.63, 3.8) is 0 Å². The molecule has 0 aliphatic rings. The number of thioether (sulfide) groups is 1. The molecule has 0 saturated heterocycles. The van der Waals surface area contributed by atoms with E-state index < -0.39 is 0 Å². The molecular formula is C14H12OS. The van der Waals surface area contributed by atoms with E-state index in [2.05, 4.69) is 30.5 Å². The molecule has 0 atom stereocenters. The van der Waals surface area contributed by atoms with Gasteiger partial charge in [-0.05, 0) is 29.5 Å². The zero-order valence-corrected chi connectivity index (χ0v) is 9.83. The zero-order valence-electron chi connectivity index (χ0n) is 9.01. The molecule has 0 amide bonds. The van der Waals surface area contributed by atoms with Crippen LogP contribution in [0.5, 0.6) is 0 Å². The molecule has 2 heteroatoms. The summed E-state index contributed by atoms with van der Waals surface area (Å²) in [5, 5.41) is 0. The van der Waals surface area contributed by atoms with Crippen LogP contribution < -0.4 is 0 Å². The predicted molar refractivity (Wildman–Crippen MR) is 69.0 cm³/mol. The number of hydrogen-bond donors (Lipinski definition) is 0. The molecule has 0 N–H and O–H groups in total. The van der Waals surface area contributed by atoms with E-state index in [4.69, 9.17) is 0 Å². The Morgan fingerprint density at radius 3 is 2.38 bits per heavy atom. The Balaban J connectivity index is 2.38. The summed E-state index contributed by atoms with van der Waals surface area (Å²) >= 11 is 1.73. The fourth-order valence-corrected chi connectivity index (χ4v) is 2.02. The Kier molecular flexibility index (Phi) is 3.42. The topological polar surface area (TPSA) is 17.1 Å². The van der Waals surface area contributed by atoms with Gasteiger partial charge in [-0.3, -0.25) is 4.79 Å². The van der Waals surface area contributed by atoms with E-state index in [0.29, 0.717) is 5.56 Å². The van der Waals surface area contributed by atoms with Crippen molar-refractivity contribution in [1.29, 1.82) is 0 Å². The molecule has 0 fully saturated rings. The summed E-state index contributed by atoms with van der Waals surface area (Å²) in [6.45, 7) is 0. The van der Waals surface area contributed by atoms with Gasteiger partial charge < -0.3 is 0 Å². The van der Waals surface area contributed by atoms with Crippen LogP contribution in [0.25, 0.3) is 11.1 Å². The average Bonchev–Trinajstić information content (AvgIpc) is 2.39. The van der Waals surface area contributed by atoms with Crippen molar-refractivity contribution in [2.24, 2.45) is 0 Å². The van der Waals surface area contributed by atoms with Gasteiger partial charge in [-0.15, -0.1) is 11.8 Å². The minimum absolute atomic E-state index is 0.713. The van der Waals surface area contributed by atoms with Crippen LogP contribution >= 0.6 is 11.8 Å².